The van der Waals surface area contributed by atoms with Crippen LogP contribution in [0.3, 0.4) is 0 Å². The van der Waals surface area contributed by atoms with Crippen molar-refractivity contribution in [3.05, 3.63) is 35.6 Å². The standard InChI is InChI=1S/C26H50N2P2/c1-19(2)16-22(6)28-24(8)30(13)25(9)29(12)18-21(5)17-26(10,11)14-15-27-23(7)20(3)4/h16,20-21,23,27H,6,9,14-15,17-18H2,1-5,7-8,10-13H3. The molecule has 0 saturated carbocycles. The molecule has 0 fully saturated rings. The van der Waals surface area contributed by atoms with Gasteiger partial charge in [0.05, 0.1) is 5.70 Å². The zero-order chi connectivity index (χ0) is 23.6. The average molecular weight is 453 g/mol. The van der Waals surface area contributed by atoms with Gasteiger partial charge in [-0.05, 0) is 103 Å². The Morgan fingerprint density at radius 3 is 2.13 bits per heavy atom. The summed E-state index contributed by atoms with van der Waals surface area (Å²) in [5.74, 6) is 1.41. The summed E-state index contributed by atoms with van der Waals surface area (Å²) in [6.07, 6.45) is 5.82. The zero-order valence-corrected chi connectivity index (χ0v) is 23.7. The van der Waals surface area contributed by atoms with E-state index in [1.807, 2.05) is 6.08 Å². The van der Waals surface area contributed by atoms with E-state index < -0.39 is 7.92 Å². The van der Waals surface area contributed by atoms with Crippen molar-refractivity contribution in [1.29, 1.82) is 0 Å². The predicted molar refractivity (Wildman–Crippen MR) is 146 cm³/mol. The zero-order valence-electron chi connectivity index (χ0n) is 21.9. The molecule has 0 saturated heterocycles. The molecule has 0 aliphatic carbocycles. The molecule has 0 rings (SSSR count). The van der Waals surface area contributed by atoms with Gasteiger partial charge in [0.2, 0.25) is 0 Å². The fourth-order valence-electron chi connectivity index (χ4n) is 3.65. The Bertz CT molecular complexity index is 613. The molecule has 4 unspecified atom stereocenters. The minimum Gasteiger partial charge on any atom is -0.314 e. The third-order valence-corrected chi connectivity index (χ3v) is 11.7. The van der Waals surface area contributed by atoms with Gasteiger partial charge in [0.15, 0.2) is 0 Å². The quantitative estimate of drug-likeness (QED) is 0.159. The van der Waals surface area contributed by atoms with E-state index in [4.69, 9.17) is 4.99 Å². The van der Waals surface area contributed by atoms with Crippen molar-refractivity contribution in [2.45, 2.75) is 81.2 Å². The van der Waals surface area contributed by atoms with Crippen LogP contribution in [0, 0.1) is 17.3 Å². The molecule has 0 radical (unpaired) electrons. The number of nitrogens with one attached hydrogen (secondary N) is 1. The van der Waals surface area contributed by atoms with Gasteiger partial charge in [0, 0.05) is 11.5 Å². The Balaban J connectivity index is 4.70. The van der Waals surface area contributed by atoms with Crippen molar-refractivity contribution < 1.29 is 0 Å². The van der Waals surface area contributed by atoms with E-state index >= 15 is 0 Å². The first-order chi connectivity index (χ1) is 13.7. The Morgan fingerprint density at radius 2 is 1.63 bits per heavy atom. The molecule has 2 nitrogen and oxygen atoms in total. The second kappa shape index (κ2) is 14.0. The van der Waals surface area contributed by atoms with E-state index in [1.54, 1.807) is 0 Å². The van der Waals surface area contributed by atoms with Gasteiger partial charge in [0.25, 0.3) is 0 Å². The van der Waals surface area contributed by atoms with Crippen LogP contribution in [0.1, 0.15) is 75.2 Å². The number of hydrogen-bond acceptors (Lipinski definition) is 2. The van der Waals surface area contributed by atoms with Crippen LogP contribution in [-0.4, -0.2) is 37.5 Å². The average Bonchev–Trinajstić information content (AvgIpc) is 2.58. The van der Waals surface area contributed by atoms with Crippen molar-refractivity contribution in [1.82, 2.24) is 5.32 Å². The van der Waals surface area contributed by atoms with Gasteiger partial charge in [-0.15, -0.1) is 0 Å². The number of rotatable bonds is 14. The Labute approximate surface area is 191 Å². The van der Waals surface area contributed by atoms with Crippen LogP contribution in [0.25, 0.3) is 0 Å². The van der Waals surface area contributed by atoms with Crippen molar-refractivity contribution in [3.8, 4) is 0 Å². The summed E-state index contributed by atoms with van der Waals surface area (Å²) in [4.78, 5) is 4.74. The topological polar surface area (TPSA) is 24.4 Å². The van der Waals surface area contributed by atoms with Crippen LogP contribution in [0.4, 0.5) is 0 Å². The van der Waals surface area contributed by atoms with Crippen LogP contribution in [-0.2, 0) is 0 Å². The summed E-state index contributed by atoms with van der Waals surface area (Å²) in [6, 6.07) is 0.589. The van der Waals surface area contributed by atoms with E-state index in [9.17, 15) is 0 Å². The maximum atomic E-state index is 4.74. The van der Waals surface area contributed by atoms with E-state index in [-0.39, 0.29) is 7.92 Å². The van der Waals surface area contributed by atoms with E-state index in [1.165, 1.54) is 35.1 Å². The van der Waals surface area contributed by atoms with Crippen molar-refractivity contribution in [2.75, 3.05) is 26.0 Å². The number of aliphatic imine (C=N–C) groups is 1. The maximum Gasteiger partial charge on any atom is 0.0560 e. The fourth-order valence-corrected chi connectivity index (χ4v) is 8.30. The molecule has 0 aromatic heterocycles. The number of nitrogens with zero attached hydrogens (tertiary/aromatic N) is 1. The Morgan fingerprint density at radius 1 is 1.07 bits per heavy atom. The van der Waals surface area contributed by atoms with Crippen LogP contribution in [0.5, 0.6) is 0 Å². The molecule has 0 amide bonds. The minimum atomic E-state index is -0.402. The highest BCUT2D eigenvalue weighted by Crippen LogP contribution is 2.59. The van der Waals surface area contributed by atoms with Gasteiger partial charge in [-0.3, -0.25) is 4.99 Å². The van der Waals surface area contributed by atoms with Crippen molar-refractivity contribution in [3.63, 3.8) is 0 Å². The van der Waals surface area contributed by atoms with Gasteiger partial charge < -0.3 is 5.32 Å². The fraction of sp³-hybridized carbons (Fsp3) is 0.731. The molecule has 0 spiro atoms. The summed E-state index contributed by atoms with van der Waals surface area (Å²) >= 11 is 0. The van der Waals surface area contributed by atoms with Crippen LogP contribution in [0.2, 0.25) is 0 Å². The van der Waals surface area contributed by atoms with Gasteiger partial charge in [-0.1, -0.05) is 61.3 Å². The first-order valence-corrected chi connectivity index (χ1v) is 15.2. The molecule has 0 bridgehead atoms. The summed E-state index contributed by atoms with van der Waals surface area (Å²) in [5.41, 5.74) is 3.64. The molecule has 0 aromatic carbocycles. The third kappa shape index (κ3) is 12.5. The van der Waals surface area contributed by atoms with E-state index in [0.29, 0.717) is 17.4 Å². The molecular formula is C26H50N2P2. The third-order valence-electron chi connectivity index (χ3n) is 5.83. The van der Waals surface area contributed by atoms with Crippen LogP contribution < -0.4 is 5.32 Å². The predicted octanol–water partition coefficient (Wildman–Crippen LogP) is 8.66. The molecule has 4 heteroatoms. The Kier molecular flexibility index (Phi) is 13.8. The smallest absolute Gasteiger partial charge is 0.0560 e. The van der Waals surface area contributed by atoms with Gasteiger partial charge in [0.1, 0.15) is 0 Å². The number of hydrogen-bond donors (Lipinski definition) is 1. The van der Waals surface area contributed by atoms with Gasteiger partial charge >= 0.3 is 0 Å². The van der Waals surface area contributed by atoms with Crippen molar-refractivity contribution >= 4 is 21.3 Å². The van der Waals surface area contributed by atoms with Crippen LogP contribution in [0.15, 0.2) is 40.6 Å². The lowest BCUT2D eigenvalue weighted by Gasteiger charge is -2.31. The second-order valence-corrected chi connectivity index (χ2v) is 15.4. The summed E-state index contributed by atoms with van der Waals surface area (Å²) in [7, 11) is -0.589. The second-order valence-electron chi connectivity index (χ2n) is 10.4. The summed E-state index contributed by atoms with van der Waals surface area (Å²) < 4.78 is 0. The van der Waals surface area contributed by atoms with E-state index in [0.717, 1.165) is 18.2 Å². The van der Waals surface area contributed by atoms with E-state index in [2.05, 4.69) is 94.1 Å². The lowest BCUT2D eigenvalue weighted by molar-refractivity contribution is 0.256. The highest BCUT2D eigenvalue weighted by Gasteiger charge is 2.24. The first kappa shape index (κ1) is 29.7. The molecule has 174 valence electrons. The molecule has 0 aromatic rings. The van der Waals surface area contributed by atoms with Gasteiger partial charge in [-0.25, -0.2) is 0 Å². The Hall–Kier alpha value is -0.290. The SMILES string of the molecule is C=C(C=C(C)C)N=C(C)P(C)C(=C)P(C)CC(C)CC(C)(C)CCNC(C)C(C)C. The summed E-state index contributed by atoms with van der Waals surface area (Å²) in [5, 5.41) is 5.11. The largest absolute Gasteiger partial charge is 0.314 e. The van der Waals surface area contributed by atoms with Gasteiger partial charge in [-0.2, -0.15) is 0 Å². The molecule has 0 heterocycles. The molecular weight excluding hydrogens is 402 g/mol. The normalized spacial score (nSPS) is 16.7. The highest BCUT2D eigenvalue weighted by molar-refractivity contribution is 7.90. The first-order valence-electron chi connectivity index (χ1n) is 11.4. The lowest BCUT2D eigenvalue weighted by atomic mass is 9.81. The molecule has 4 atom stereocenters. The lowest BCUT2D eigenvalue weighted by Crippen LogP contribution is -2.34. The highest BCUT2D eigenvalue weighted by atomic mass is 31.2. The van der Waals surface area contributed by atoms with Crippen molar-refractivity contribution in [2.24, 2.45) is 22.2 Å². The molecule has 1 N–H and O–H groups in total. The maximum absolute atomic E-state index is 4.74. The van der Waals surface area contributed by atoms with Crippen LogP contribution >= 0.6 is 15.8 Å². The molecule has 0 aliphatic heterocycles. The molecule has 30 heavy (non-hydrogen) atoms. The number of allylic oxidation sites excluding steroid dienone is 2. The summed E-state index contributed by atoms with van der Waals surface area (Å²) in [6.45, 7) is 34.8. The monoisotopic (exact) mass is 452 g/mol. The molecule has 0 aliphatic rings. The minimum absolute atomic E-state index is 0.187.